The smallest absolute Gasteiger partial charge is 0.147 e. The van der Waals surface area contributed by atoms with Gasteiger partial charge in [0.05, 0.1) is 6.54 Å². The van der Waals surface area contributed by atoms with Crippen LogP contribution in [0.25, 0.3) is 0 Å². The minimum absolute atomic E-state index is 0.406. The number of aromatic nitrogens is 3. The fourth-order valence-electron chi connectivity index (χ4n) is 2.27. The van der Waals surface area contributed by atoms with Crippen LogP contribution in [0.1, 0.15) is 38.2 Å². The summed E-state index contributed by atoms with van der Waals surface area (Å²) >= 11 is 0. The normalized spacial score (nSPS) is 12.8. The van der Waals surface area contributed by atoms with Crippen LogP contribution in [-0.2, 0) is 6.54 Å². The predicted molar refractivity (Wildman–Crippen MR) is 76.8 cm³/mol. The van der Waals surface area contributed by atoms with Crippen molar-refractivity contribution in [1.82, 2.24) is 19.9 Å². The van der Waals surface area contributed by atoms with Crippen molar-refractivity contribution in [3.63, 3.8) is 0 Å². The largest absolute Gasteiger partial charge is 0.346 e. The molecule has 0 saturated heterocycles. The molecule has 0 radical (unpaired) electrons. The highest BCUT2D eigenvalue weighted by atomic mass is 15.0. The van der Waals surface area contributed by atoms with Gasteiger partial charge in [-0.3, -0.25) is 0 Å². The maximum absolute atomic E-state index is 4.25. The van der Waals surface area contributed by atoms with Crippen molar-refractivity contribution in [3.05, 3.63) is 48.3 Å². The average Bonchev–Trinajstić information content (AvgIpc) is 2.85. The van der Waals surface area contributed by atoms with E-state index in [1.807, 2.05) is 6.07 Å². The molecule has 4 nitrogen and oxygen atoms in total. The molecule has 4 heteroatoms. The summed E-state index contributed by atoms with van der Waals surface area (Å²) in [5.74, 6) is 1.41. The van der Waals surface area contributed by atoms with Gasteiger partial charge in [0.1, 0.15) is 5.82 Å². The maximum Gasteiger partial charge on any atom is 0.147 e. The Morgan fingerprint density at radius 2 is 2.00 bits per heavy atom. The standard InChI is InChI=1S/C15H22N4/c1-4-16-15(12(2)3)13-6-9-19(10-13)11-14-17-7-5-8-18-14/h5-10,12,15-16H,4,11H2,1-3H3. The first kappa shape index (κ1) is 13.7. The van der Waals surface area contributed by atoms with Crippen LogP contribution in [0.2, 0.25) is 0 Å². The Labute approximate surface area is 114 Å². The summed E-state index contributed by atoms with van der Waals surface area (Å²) in [5.41, 5.74) is 1.33. The van der Waals surface area contributed by atoms with Crippen molar-refractivity contribution in [1.29, 1.82) is 0 Å². The maximum atomic E-state index is 4.25. The molecule has 102 valence electrons. The van der Waals surface area contributed by atoms with E-state index in [0.29, 0.717) is 12.0 Å². The lowest BCUT2D eigenvalue weighted by molar-refractivity contribution is 0.421. The molecule has 0 saturated carbocycles. The zero-order valence-corrected chi connectivity index (χ0v) is 11.9. The van der Waals surface area contributed by atoms with Gasteiger partial charge in [-0.05, 0) is 30.2 Å². The molecule has 1 unspecified atom stereocenters. The first-order chi connectivity index (χ1) is 9.20. The zero-order valence-electron chi connectivity index (χ0n) is 11.9. The van der Waals surface area contributed by atoms with Crippen molar-refractivity contribution in [2.75, 3.05) is 6.54 Å². The Bertz CT molecular complexity index is 490. The summed E-state index contributed by atoms with van der Waals surface area (Å²) in [7, 11) is 0. The lowest BCUT2D eigenvalue weighted by Gasteiger charge is -2.20. The molecule has 2 heterocycles. The van der Waals surface area contributed by atoms with Gasteiger partial charge >= 0.3 is 0 Å². The van der Waals surface area contributed by atoms with Crippen LogP contribution in [-0.4, -0.2) is 21.1 Å². The molecule has 0 spiro atoms. The predicted octanol–water partition coefficient (Wildman–Crippen LogP) is 2.63. The van der Waals surface area contributed by atoms with E-state index in [1.54, 1.807) is 12.4 Å². The number of hydrogen-bond donors (Lipinski definition) is 1. The zero-order chi connectivity index (χ0) is 13.7. The molecular formula is C15H22N4. The highest BCUT2D eigenvalue weighted by Crippen LogP contribution is 2.21. The van der Waals surface area contributed by atoms with Gasteiger partial charge < -0.3 is 9.88 Å². The lowest BCUT2D eigenvalue weighted by Crippen LogP contribution is -2.25. The molecule has 0 aliphatic carbocycles. The van der Waals surface area contributed by atoms with Crippen LogP contribution in [0.4, 0.5) is 0 Å². The van der Waals surface area contributed by atoms with Gasteiger partial charge in [-0.2, -0.15) is 0 Å². The summed E-state index contributed by atoms with van der Waals surface area (Å²) in [6.45, 7) is 8.33. The van der Waals surface area contributed by atoms with Crippen LogP contribution in [0, 0.1) is 5.92 Å². The monoisotopic (exact) mass is 258 g/mol. The summed E-state index contributed by atoms with van der Waals surface area (Å²) < 4.78 is 2.14. The molecule has 0 aromatic carbocycles. The van der Waals surface area contributed by atoms with E-state index in [-0.39, 0.29) is 0 Å². The first-order valence-electron chi connectivity index (χ1n) is 6.85. The molecule has 2 aromatic heterocycles. The van der Waals surface area contributed by atoms with Crippen molar-refractivity contribution in [2.24, 2.45) is 5.92 Å². The van der Waals surface area contributed by atoms with Crippen molar-refractivity contribution in [3.8, 4) is 0 Å². The third-order valence-electron chi connectivity index (χ3n) is 3.17. The summed E-state index contributed by atoms with van der Waals surface area (Å²) in [6.07, 6.45) is 7.84. The average molecular weight is 258 g/mol. The second-order valence-corrected chi connectivity index (χ2v) is 5.06. The number of nitrogens with one attached hydrogen (secondary N) is 1. The van der Waals surface area contributed by atoms with Gasteiger partial charge in [-0.15, -0.1) is 0 Å². The molecule has 0 amide bonds. The van der Waals surface area contributed by atoms with E-state index >= 15 is 0 Å². The minimum atomic E-state index is 0.406. The quantitative estimate of drug-likeness (QED) is 0.866. The van der Waals surface area contributed by atoms with E-state index < -0.39 is 0 Å². The Balaban J connectivity index is 2.10. The van der Waals surface area contributed by atoms with Crippen LogP contribution in [0.15, 0.2) is 36.9 Å². The highest BCUT2D eigenvalue weighted by molar-refractivity contribution is 5.16. The second kappa shape index (κ2) is 6.48. The molecule has 1 atom stereocenters. The fourth-order valence-corrected chi connectivity index (χ4v) is 2.27. The molecule has 19 heavy (non-hydrogen) atoms. The Morgan fingerprint density at radius 3 is 2.63 bits per heavy atom. The molecule has 1 N–H and O–H groups in total. The van der Waals surface area contributed by atoms with Gasteiger partial charge in [0.2, 0.25) is 0 Å². The number of nitrogens with zero attached hydrogens (tertiary/aromatic N) is 3. The number of rotatable bonds is 6. The molecule has 0 fully saturated rings. The number of hydrogen-bond acceptors (Lipinski definition) is 3. The van der Waals surface area contributed by atoms with E-state index in [9.17, 15) is 0 Å². The molecule has 2 rings (SSSR count). The molecule has 0 aliphatic heterocycles. The third-order valence-corrected chi connectivity index (χ3v) is 3.17. The third kappa shape index (κ3) is 3.64. The van der Waals surface area contributed by atoms with E-state index in [2.05, 4.69) is 59.1 Å². The van der Waals surface area contributed by atoms with Gasteiger partial charge in [-0.25, -0.2) is 9.97 Å². The van der Waals surface area contributed by atoms with Crippen molar-refractivity contribution in [2.45, 2.75) is 33.4 Å². The van der Waals surface area contributed by atoms with E-state index in [1.165, 1.54) is 5.56 Å². The van der Waals surface area contributed by atoms with Crippen molar-refractivity contribution < 1.29 is 0 Å². The van der Waals surface area contributed by atoms with Gasteiger partial charge in [-0.1, -0.05) is 20.8 Å². The van der Waals surface area contributed by atoms with Gasteiger partial charge in [0.15, 0.2) is 0 Å². The van der Waals surface area contributed by atoms with Crippen molar-refractivity contribution >= 4 is 0 Å². The van der Waals surface area contributed by atoms with Crippen LogP contribution < -0.4 is 5.32 Å². The molecular weight excluding hydrogens is 236 g/mol. The fraction of sp³-hybridized carbons (Fsp3) is 0.467. The molecule has 0 bridgehead atoms. The van der Waals surface area contributed by atoms with Crippen LogP contribution >= 0.6 is 0 Å². The van der Waals surface area contributed by atoms with Crippen LogP contribution in [0.3, 0.4) is 0 Å². The Kier molecular flexibility index (Phi) is 4.68. The molecule has 2 aromatic rings. The summed E-state index contributed by atoms with van der Waals surface area (Å²) in [5, 5.41) is 3.53. The Morgan fingerprint density at radius 1 is 1.26 bits per heavy atom. The van der Waals surface area contributed by atoms with E-state index in [4.69, 9.17) is 0 Å². The van der Waals surface area contributed by atoms with Crippen LogP contribution in [0.5, 0.6) is 0 Å². The minimum Gasteiger partial charge on any atom is -0.346 e. The summed E-state index contributed by atoms with van der Waals surface area (Å²) in [6, 6.07) is 4.42. The second-order valence-electron chi connectivity index (χ2n) is 5.06. The first-order valence-corrected chi connectivity index (χ1v) is 6.85. The Hall–Kier alpha value is -1.68. The topological polar surface area (TPSA) is 42.7 Å². The van der Waals surface area contributed by atoms with E-state index in [0.717, 1.165) is 18.9 Å². The SMILES string of the molecule is CCNC(c1ccn(Cc2ncccn2)c1)C(C)C. The van der Waals surface area contributed by atoms with Gasteiger partial charge in [0.25, 0.3) is 0 Å². The highest BCUT2D eigenvalue weighted by Gasteiger charge is 2.15. The lowest BCUT2D eigenvalue weighted by atomic mass is 9.98. The summed E-state index contributed by atoms with van der Waals surface area (Å²) in [4.78, 5) is 8.50. The van der Waals surface area contributed by atoms with Gasteiger partial charge in [0, 0.05) is 30.8 Å². The molecule has 0 aliphatic rings.